The van der Waals surface area contributed by atoms with Crippen molar-refractivity contribution in [1.29, 1.82) is 0 Å². The second-order valence-electron chi connectivity index (χ2n) is 8.08. The Balaban J connectivity index is 1.58. The third-order valence-corrected chi connectivity index (χ3v) is 6.28. The molecule has 1 atom stereocenters. The highest BCUT2D eigenvalue weighted by Crippen LogP contribution is 2.24. The van der Waals surface area contributed by atoms with Crippen molar-refractivity contribution in [2.24, 2.45) is 0 Å². The number of amides is 2. The zero-order valence-corrected chi connectivity index (χ0v) is 18.1. The maximum absolute atomic E-state index is 13.4. The van der Waals surface area contributed by atoms with E-state index in [1.807, 2.05) is 28.0 Å². The summed E-state index contributed by atoms with van der Waals surface area (Å²) >= 11 is 0. The zero-order valence-electron chi connectivity index (χ0n) is 18.1. The van der Waals surface area contributed by atoms with E-state index in [-0.39, 0.29) is 17.9 Å². The van der Waals surface area contributed by atoms with E-state index in [1.54, 1.807) is 0 Å². The summed E-state index contributed by atoms with van der Waals surface area (Å²) in [7, 11) is 0. The lowest BCUT2D eigenvalue weighted by molar-refractivity contribution is -0.140. The Hall–Kier alpha value is -1.92. The first-order valence-corrected chi connectivity index (χ1v) is 11.2. The molecule has 0 bridgehead atoms. The zero-order chi connectivity index (χ0) is 20.6. The van der Waals surface area contributed by atoms with Gasteiger partial charge < -0.3 is 9.80 Å². The highest BCUT2D eigenvalue weighted by atomic mass is 16.2. The van der Waals surface area contributed by atoms with Crippen LogP contribution in [0.2, 0.25) is 0 Å². The van der Waals surface area contributed by atoms with Crippen LogP contribution in [0.4, 0.5) is 0 Å². The Kier molecular flexibility index (Phi) is 8.07. The predicted molar refractivity (Wildman–Crippen MR) is 116 cm³/mol. The molecule has 0 aromatic heterocycles. The van der Waals surface area contributed by atoms with E-state index in [4.69, 9.17) is 0 Å². The molecule has 0 N–H and O–H groups in total. The minimum absolute atomic E-state index is 0.182. The Bertz CT molecular complexity index is 648. The molecule has 0 saturated carbocycles. The van der Waals surface area contributed by atoms with Gasteiger partial charge in [-0.3, -0.25) is 19.4 Å². The Morgan fingerprint density at radius 1 is 0.862 bits per heavy atom. The molecule has 2 heterocycles. The average Bonchev–Trinajstić information content (AvgIpc) is 2.78. The van der Waals surface area contributed by atoms with Crippen LogP contribution in [0.25, 0.3) is 0 Å². The minimum Gasteiger partial charge on any atom is -0.342 e. The topological polar surface area (TPSA) is 47.1 Å². The van der Waals surface area contributed by atoms with E-state index in [9.17, 15) is 9.59 Å². The Morgan fingerprint density at radius 3 is 2.07 bits per heavy atom. The number of rotatable bonds is 7. The lowest BCUT2D eigenvalue weighted by Crippen LogP contribution is -2.54. The number of hydrogen-bond acceptors (Lipinski definition) is 4. The number of likely N-dealkylation sites (N-methyl/N-ethyl adjacent to an activating group) is 1. The van der Waals surface area contributed by atoms with Gasteiger partial charge in [-0.05, 0) is 37.9 Å². The fourth-order valence-electron chi connectivity index (χ4n) is 4.47. The number of likely N-dealkylation sites (tertiary alicyclic amines) is 1. The molecule has 160 valence electrons. The van der Waals surface area contributed by atoms with Crippen LogP contribution in [-0.2, 0) is 9.59 Å². The lowest BCUT2D eigenvalue weighted by atomic mass is 10.0. The van der Waals surface area contributed by atoms with Crippen LogP contribution in [0.1, 0.15) is 44.7 Å². The van der Waals surface area contributed by atoms with Crippen LogP contribution >= 0.6 is 0 Å². The second kappa shape index (κ2) is 10.7. The largest absolute Gasteiger partial charge is 0.342 e. The van der Waals surface area contributed by atoms with Crippen molar-refractivity contribution in [3.05, 3.63) is 35.9 Å². The van der Waals surface area contributed by atoms with Crippen LogP contribution in [0.5, 0.6) is 0 Å². The summed E-state index contributed by atoms with van der Waals surface area (Å²) in [5.74, 6) is 0.427. The van der Waals surface area contributed by atoms with E-state index >= 15 is 0 Å². The van der Waals surface area contributed by atoms with Crippen LogP contribution in [-0.4, -0.2) is 90.3 Å². The average molecular weight is 401 g/mol. The number of piperazine rings is 1. The molecule has 2 aliphatic heterocycles. The molecule has 0 aliphatic carbocycles. The van der Waals surface area contributed by atoms with Crippen molar-refractivity contribution < 1.29 is 9.59 Å². The van der Waals surface area contributed by atoms with Crippen molar-refractivity contribution in [2.75, 3.05) is 58.9 Å². The number of nitrogens with zero attached hydrogens (tertiary/aromatic N) is 4. The lowest BCUT2D eigenvalue weighted by Gasteiger charge is -2.39. The number of carbonyl (C=O) groups excluding carboxylic acids is 2. The van der Waals surface area contributed by atoms with Crippen molar-refractivity contribution in [3.8, 4) is 0 Å². The van der Waals surface area contributed by atoms with E-state index < -0.39 is 0 Å². The van der Waals surface area contributed by atoms with Gasteiger partial charge in [0.05, 0.1) is 6.54 Å². The quantitative estimate of drug-likeness (QED) is 0.704. The van der Waals surface area contributed by atoms with E-state index in [0.717, 1.165) is 57.7 Å². The first-order chi connectivity index (χ1) is 14.1. The number of benzene rings is 1. The molecule has 0 radical (unpaired) electrons. The fourth-order valence-corrected chi connectivity index (χ4v) is 4.47. The Labute approximate surface area is 175 Å². The summed E-state index contributed by atoms with van der Waals surface area (Å²) in [5, 5.41) is 0. The summed E-state index contributed by atoms with van der Waals surface area (Å²) in [6.45, 7) is 11.1. The van der Waals surface area contributed by atoms with Crippen molar-refractivity contribution >= 4 is 11.8 Å². The first-order valence-electron chi connectivity index (χ1n) is 11.2. The molecule has 2 aliphatic rings. The third-order valence-electron chi connectivity index (χ3n) is 6.28. The Morgan fingerprint density at radius 2 is 1.48 bits per heavy atom. The summed E-state index contributed by atoms with van der Waals surface area (Å²) in [6, 6.07) is 9.87. The molecule has 6 heteroatoms. The summed E-state index contributed by atoms with van der Waals surface area (Å²) < 4.78 is 0. The smallest absolute Gasteiger partial charge is 0.244 e. The van der Waals surface area contributed by atoms with Gasteiger partial charge >= 0.3 is 0 Å². The van der Waals surface area contributed by atoms with Crippen LogP contribution < -0.4 is 0 Å². The maximum atomic E-state index is 13.4. The molecule has 2 saturated heterocycles. The van der Waals surface area contributed by atoms with Gasteiger partial charge in [-0.15, -0.1) is 0 Å². The van der Waals surface area contributed by atoms with Gasteiger partial charge in [-0.1, -0.05) is 44.2 Å². The van der Waals surface area contributed by atoms with Gasteiger partial charge in [0.25, 0.3) is 0 Å². The van der Waals surface area contributed by atoms with E-state index in [2.05, 4.69) is 35.8 Å². The highest BCUT2D eigenvalue weighted by molar-refractivity contribution is 5.83. The van der Waals surface area contributed by atoms with Gasteiger partial charge in [-0.25, -0.2) is 0 Å². The molecule has 6 nitrogen and oxygen atoms in total. The number of piperidine rings is 1. The van der Waals surface area contributed by atoms with Gasteiger partial charge in [0.15, 0.2) is 0 Å². The predicted octanol–water partition coefficient (Wildman–Crippen LogP) is 2.23. The third kappa shape index (κ3) is 5.58. The molecule has 29 heavy (non-hydrogen) atoms. The maximum Gasteiger partial charge on any atom is 0.244 e. The van der Waals surface area contributed by atoms with Gasteiger partial charge in [0, 0.05) is 39.3 Å². The fraction of sp³-hybridized carbons (Fsp3) is 0.652. The highest BCUT2D eigenvalue weighted by Gasteiger charge is 2.32. The normalized spacial score (nSPS) is 19.4. The minimum atomic E-state index is -0.229. The second-order valence-corrected chi connectivity index (χ2v) is 8.08. The van der Waals surface area contributed by atoms with Crippen LogP contribution in [0, 0.1) is 0 Å². The standard InChI is InChI=1S/C23H36N4O2/c1-3-25(4-2)22(20-11-7-5-8-12-20)23(29)27-17-15-24(16-18-27)19-21(28)26-13-9-6-10-14-26/h5,7-8,11-12,22H,3-4,6,9-10,13-19H2,1-2H3. The molecule has 1 unspecified atom stereocenters. The van der Waals surface area contributed by atoms with E-state index in [1.165, 1.54) is 6.42 Å². The van der Waals surface area contributed by atoms with Gasteiger partial charge in [0.2, 0.25) is 11.8 Å². The molecule has 1 aromatic rings. The molecule has 2 amide bonds. The molecule has 2 fully saturated rings. The molecule has 1 aromatic carbocycles. The van der Waals surface area contributed by atoms with Gasteiger partial charge in [0.1, 0.15) is 6.04 Å². The van der Waals surface area contributed by atoms with Crippen molar-refractivity contribution in [1.82, 2.24) is 19.6 Å². The molecule has 3 rings (SSSR count). The van der Waals surface area contributed by atoms with Gasteiger partial charge in [-0.2, -0.15) is 0 Å². The summed E-state index contributed by atoms with van der Waals surface area (Å²) in [6.07, 6.45) is 3.49. The first kappa shape index (κ1) is 21.8. The summed E-state index contributed by atoms with van der Waals surface area (Å²) in [5.41, 5.74) is 1.06. The van der Waals surface area contributed by atoms with Crippen molar-refractivity contribution in [2.45, 2.75) is 39.2 Å². The molecular formula is C23H36N4O2. The SMILES string of the molecule is CCN(CC)C(C(=O)N1CCN(CC(=O)N2CCCCC2)CC1)c1ccccc1. The van der Waals surface area contributed by atoms with Crippen molar-refractivity contribution in [3.63, 3.8) is 0 Å². The number of carbonyl (C=O) groups is 2. The van der Waals surface area contributed by atoms with Crippen LogP contribution in [0.3, 0.4) is 0 Å². The number of hydrogen-bond donors (Lipinski definition) is 0. The van der Waals surface area contributed by atoms with E-state index in [0.29, 0.717) is 19.6 Å². The van der Waals surface area contributed by atoms with Crippen LogP contribution in [0.15, 0.2) is 30.3 Å². The summed E-state index contributed by atoms with van der Waals surface area (Å²) in [4.78, 5) is 34.4. The molecular weight excluding hydrogens is 364 g/mol. The molecule has 0 spiro atoms. The monoisotopic (exact) mass is 400 g/mol.